The lowest BCUT2D eigenvalue weighted by atomic mass is 9.85. The van der Waals surface area contributed by atoms with Gasteiger partial charge in [-0.15, -0.1) is 0 Å². The lowest BCUT2D eigenvalue weighted by Crippen LogP contribution is -2.24. The van der Waals surface area contributed by atoms with Gasteiger partial charge in [0.25, 0.3) is 0 Å². The summed E-state index contributed by atoms with van der Waals surface area (Å²) in [6, 6.07) is 9.18. The third-order valence-corrected chi connectivity index (χ3v) is 4.25. The third-order valence-electron chi connectivity index (χ3n) is 4.25. The Morgan fingerprint density at radius 2 is 1.88 bits per heavy atom. The highest BCUT2D eigenvalue weighted by atomic mass is 16.2. The number of hydrogen-bond acceptors (Lipinski definition) is 3. The molecule has 1 atom stereocenters. The van der Waals surface area contributed by atoms with E-state index < -0.39 is 0 Å². The molecule has 0 aliphatic heterocycles. The molecule has 1 aromatic carbocycles. The second-order valence-corrected chi connectivity index (χ2v) is 6.38. The molecule has 1 aromatic rings. The van der Waals surface area contributed by atoms with Gasteiger partial charge in [0.05, 0.1) is 5.71 Å². The zero-order chi connectivity index (χ0) is 18.2. The number of carbonyl (C=O) groups is 2. The summed E-state index contributed by atoms with van der Waals surface area (Å²) in [4.78, 5) is 23.8. The number of hydrogen-bond donors (Lipinski definition) is 2. The van der Waals surface area contributed by atoms with E-state index in [2.05, 4.69) is 28.5 Å². The number of nitrogens with zero attached hydrogens (tertiary/aromatic N) is 1. The van der Waals surface area contributed by atoms with Gasteiger partial charge < -0.3 is 5.32 Å². The minimum Gasteiger partial charge on any atom is -0.326 e. The van der Waals surface area contributed by atoms with Crippen LogP contribution in [-0.2, 0) is 9.59 Å². The van der Waals surface area contributed by atoms with Crippen LogP contribution < -0.4 is 10.7 Å². The minimum absolute atomic E-state index is 0.0993. The number of hydrazone groups is 1. The molecule has 2 rings (SSSR count). The quantitative estimate of drug-likeness (QED) is 0.611. The van der Waals surface area contributed by atoms with E-state index in [1.165, 1.54) is 0 Å². The average Bonchev–Trinajstić information content (AvgIpc) is 2.60. The molecule has 25 heavy (non-hydrogen) atoms. The lowest BCUT2D eigenvalue weighted by Gasteiger charge is -2.22. The molecule has 1 aliphatic carbocycles. The summed E-state index contributed by atoms with van der Waals surface area (Å²) in [5, 5.41) is 6.99. The third kappa shape index (κ3) is 6.03. The molecular weight excluding hydrogens is 314 g/mol. The van der Waals surface area contributed by atoms with E-state index in [1.807, 2.05) is 32.0 Å². The van der Waals surface area contributed by atoms with Crippen molar-refractivity contribution in [3.05, 3.63) is 54.1 Å². The van der Waals surface area contributed by atoms with Crippen molar-refractivity contribution in [3.8, 4) is 0 Å². The van der Waals surface area contributed by atoms with Gasteiger partial charge in [0.15, 0.2) is 0 Å². The molecule has 0 saturated heterocycles. The number of nitrogens with one attached hydrogen (secondary N) is 2. The van der Waals surface area contributed by atoms with Gasteiger partial charge in [-0.25, -0.2) is 5.43 Å². The van der Waals surface area contributed by atoms with Gasteiger partial charge in [-0.05, 0) is 50.3 Å². The molecule has 0 heterocycles. The fourth-order valence-electron chi connectivity index (χ4n) is 2.58. The zero-order valence-corrected chi connectivity index (χ0v) is 14.8. The molecule has 0 unspecified atom stereocenters. The Hall–Kier alpha value is -2.69. The second kappa shape index (κ2) is 8.97. The number of carbonyl (C=O) groups excluding carboxylic acids is 2. The molecule has 0 saturated carbocycles. The van der Waals surface area contributed by atoms with E-state index in [1.54, 1.807) is 12.1 Å². The van der Waals surface area contributed by atoms with Gasteiger partial charge in [-0.2, -0.15) is 5.10 Å². The first-order valence-corrected chi connectivity index (χ1v) is 8.48. The SMILES string of the molecule is C=C(C)[C@@H]1CC=C(C)C(=NNC(=O)CCC(=O)Nc2ccccc2)C1. The van der Waals surface area contributed by atoms with E-state index in [0.29, 0.717) is 5.92 Å². The fraction of sp³-hybridized carbons (Fsp3) is 0.350. The summed E-state index contributed by atoms with van der Waals surface area (Å²) < 4.78 is 0. The van der Waals surface area contributed by atoms with Crippen LogP contribution in [0.15, 0.2) is 59.2 Å². The number of para-hydroxylation sites is 1. The Morgan fingerprint density at radius 1 is 1.20 bits per heavy atom. The molecule has 1 aliphatic rings. The van der Waals surface area contributed by atoms with Gasteiger partial charge in [0, 0.05) is 18.5 Å². The van der Waals surface area contributed by atoms with Crippen molar-refractivity contribution < 1.29 is 9.59 Å². The Bertz CT molecular complexity index is 705. The van der Waals surface area contributed by atoms with E-state index in [-0.39, 0.29) is 24.7 Å². The van der Waals surface area contributed by atoms with Crippen molar-refractivity contribution in [2.45, 2.75) is 39.5 Å². The maximum atomic E-state index is 11.9. The summed E-state index contributed by atoms with van der Waals surface area (Å²) in [6.07, 6.45) is 4.10. The number of allylic oxidation sites excluding steroid dienone is 3. The monoisotopic (exact) mass is 339 g/mol. The lowest BCUT2D eigenvalue weighted by molar-refractivity contribution is -0.124. The molecule has 5 heteroatoms. The predicted molar refractivity (Wildman–Crippen MR) is 101 cm³/mol. The van der Waals surface area contributed by atoms with Crippen LogP contribution in [0.1, 0.15) is 39.5 Å². The summed E-state index contributed by atoms with van der Waals surface area (Å²) in [7, 11) is 0. The molecule has 0 spiro atoms. The zero-order valence-electron chi connectivity index (χ0n) is 14.8. The number of anilines is 1. The highest BCUT2D eigenvalue weighted by molar-refractivity contribution is 6.01. The Balaban J connectivity index is 1.80. The fourth-order valence-corrected chi connectivity index (χ4v) is 2.58. The average molecular weight is 339 g/mol. The maximum Gasteiger partial charge on any atom is 0.240 e. The topological polar surface area (TPSA) is 70.6 Å². The van der Waals surface area contributed by atoms with Crippen molar-refractivity contribution in [3.63, 3.8) is 0 Å². The van der Waals surface area contributed by atoms with Gasteiger partial charge >= 0.3 is 0 Å². The van der Waals surface area contributed by atoms with Crippen molar-refractivity contribution in [1.29, 1.82) is 0 Å². The Labute approximate surface area is 148 Å². The van der Waals surface area contributed by atoms with Gasteiger partial charge in [0.1, 0.15) is 0 Å². The van der Waals surface area contributed by atoms with Crippen molar-refractivity contribution in [1.82, 2.24) is 5.43 Å². The van der Waals surface area contributed by atoms with Crippen molar-refractivity contribution in [2.75, 3.05) is 5.32 Å². The summed E-state index contributed by atoms with van der Waals surface area (Å²) in [6.45, 7) is 8.01. The van der Waals surface area contributed by atoms with Crippen LogP contribution in [0.2, 0.25) is 0 Å². The first kappa shape index (κ1) is 18.6. The van der Waals surface area contributed by atoms with E-state index in [9.17, 15) is 9.59 Å². The number of amides is 2. The van der Waals surface area contributed by atoms with Gasteiger partial charge in [-0.1, -0.05) is 36.4 Å². The number of benzene rings is 1. The minimum atomic E-state index is -0.263. The molecule has 0 bridgehead atoms. The van der Waals surface area contributed by atoms with Crippen LogP contribution in [0.3, 0.4) is 0 Å². The van der Waals surface area contributed by atoms with E-state index in [0.717, 1.165) is 35.4 Å². The van der Waals surface area contributed by atoms with Crippen molar-refractivity contribution >= 4 is 23.2 Å². The van der Waals surface area contributed by atoms with Crippen LogP contribution in [0.25, 0.3) is 0 Å². The first-order valence-electron chi connectivity index (χ1n) is 8.48. The maximum absolute atomic E-state index is 11.9. The molecule has 0 radical (unpaired) electrons. The summed E-state index contributed by atoms with van der Waals surface area (Å²) >= 11 is 0. The summed E-state index contributed by atoms with van der Waals surface area (Å²) in [5.74, 6) is -0.0814. The predicted octanol–water partition coefficient (Wildman–Crippen LogP) is 3.81. The number of rotatable bonds is 6. The smallest absolute Gasteiger partial charge is 0.240 e. The van der Waals surface area contributed by atoms with Crippen molar-refractivity contribution in [2.24, 2.45) is 11.0 Å². The second-order valence-electron chi connectivity index (χ2n) is 6.38. The van der Waals surface area contributed by atoms with Crippen LogP contribution in [0, 0.1) is 5.92 Å². The van der Waals surface area contributed by atoms with E-state index in [4.69, 9.17) is 0 Å². The molecule has 5 nitrogen and oxygen atoms in total. The van der Waals surface area contributed by atoms with E-state index >= 15 is 0 Å². The first-order chi connectivity index (χ1) is 12.0. The summed E-state index contributed by atoms with van der Waals surface area (Å²) in [5.41, 5.74) is 6.37. The highest BCUT2D eigenvalue weighted by Crippen LogP contribution is 2.26. The van der Waals surface area contributed by atoms with Gasteiger partial charge in [0.2, 0.25) is 11.8 Å². The van der Waals surface area contributed by atoms with Crippen LogP contribution in [-0.4, -0.2) is 17.5 Å². The van der Waals surface area contributed by atoms with Crippen LogP contribution in [0.4, 0.5) is 5.69 Å². The Morgan fingerprint density at radius 3 is 2.56 bits per heavy atom. The molecule has 2 amide bonds. The largest absolute Gasteiger partial charge is 0.326 e. The van der Waals surface area contributed by atoms with Gasteiger partial charge in [-0.3, -0.25) is 9.59 Å². The molecule has 0 fully saturated rings. The molecule has 2 N–H and O–H groups in total. The Kier molecular flexibility index (Phi) is 6.69. The standard InChI is InChI=1S/C20H25N3O2/c1-14(2)16-10-9-15(3)18(13-16)22-23-20(25)12-11-19(24)21-17-7-5-4-6-8-17/h4-9,16H,1,10-13H2,2-3H3,(H,21,24)(H,23,25)/t16-/m1/s1. The molecule has 0 aromatic heterocycles. The molecule has 132 valence electrons. The van der Waals surface area contributed by atoms with Crippen LogP contribution >= 0.6 is 0 Å². The normalized spacial score (nSPS) is 18.4. The van der Waals surface area contributed by atoms with Crippen LogP contribution in [0.5, 0.6) is 0 Å². The highest BCUT2D eigenvalue weighted by Gasteiger charge is 2.18. The molecular formula is C20H25N3O2.